The van der Waals surface area contributed by atoms with Crippen molar-refractivity contribution in [3.63, 3.8) is 0 Å². The molecule has 2 saturated carbocycles. The third kappa shape index (κ3) is 2.68. The van der Waals surface area contributed by atoms with Crippen molar-refractivity contribution < 1.29 is 4.79 Å². The Hall–Kier alpha value is -2.67. The second-order valence-electron chi connectivity index (χ2n) is 8.09. The number of carbonyl (C=O) groups excluding carboxylic acids is 1. The first-order chi connectivity index (χ1) is 12.5. The van der Waals surface area contributed by atoms with Gasteiger partial charge in [-0.15, -0.1) is 0 Å². The van der Waals surface area contributed by atoms with E-state index in [4.69, 9.17) is 10.5 Å². The molecule has 0 radical (unpaired) electrons. The molecule has 4 rings (SSSR count). The van der Waals surface area contributed by atoms with E-state index < -0.39 is 0 Å². The highest BCUT2D eigenvalue weighted by Gasteiger charge is 2.53. The van der Waals surface area contributed by atoms with Crippen LogP contribution in [-0.2, 0) is 4.79 Å². The van der Waals surface area contributed by atoms with Gasteiger partial charge in [0.2, 0.25) is 5.91 Å². The molecule has 1 N–H and O–H groups in total. The second-order valence-corrected chi connectivity index (χ2v) is 8.09. The maximum atomic E-state index is 12.4. The van der Waals surface area contributed by atoms with Gasteiger partial charge < -0.3 is 10.2 Å². The van der Waals surface area contributed by atoms with Gasteiger partial charge in [-0.05, 0) is 31.6 Å². The number of nitrogens with zero attached hydrogens (tertiary/aromatic N) is 5. The summed E-state index contributed by atoms with van der Waals surface area (Å²) in [7, 11) is 0. The van der Waals surface area contributed by atoms with E-state index in [1.165, 1.54) is 0 Å². The van der Waals surface area contributed by atoms with Crippen molar-refractivity contribution >= 4 is 11.7 Å². The molecule has 1 aliphatic heterocycles. The summed E-state index contributed by atoms with van der Waals surface area (Å²) in [6.07, 6.45) is 6.84. The molecule has 2 heterocycles. The van der Waals surface area contributed by atoms with Crippen molar-refractivity contribution in [1.82, 2.24) is 15.3 Å². The molecule has 2 aliphatic carbocycles. The van der Waals surface area contributed by atoms with Crippen molar-refractivity contribution in [2.45, 2.75) is 45.1 Å². The summed E-state index contributed by atoms with van der Waals surface area (Å²) in [5, 5.41) is 21.4. The van der Waals surface area contributed by atoms with Crippen LogP contribution in [0.25, 0.3) is 0 Å². The first kappa shape index (κ1) is 16.8. The lowest BCUT2D eigenvalue weighted by molar-refractivity contribution is -0.130. The molecule has 7 heteroatoms. The third-order valence-corrected chi connectivity index (χ3v) is 6.27. The molecule has 0 aromatic carbocycles. The predicted octanol–water partition coefficient (Wildman–Crippen LogP) is 1.74. The predicted molar refractivity (Wildman–Crippen MR) is 93.8 cm³/mol. The Labute approximate surface area is 153 Å². The van der Waals surface area contributed by atoms with Crippen LogP contribution in [0.4, 0.5) is 5.82 Å². The lowest BCUT2D eigenvalue weighted by Gasteiger charge is -2.52. The average Bonchev–Trinajstić information content (AvgIpc) is 3.00. The highest BCUT2D eigenvalue weighted by atomic mass is 16.2. The van der Waals surface area contributed by atoms with Crippen LogP contribution in [0.2, 0.25) is 0 Å². The van der Waals surface area contributed by atoms with Gasteiger partial charge in [0.25, 0.3) is 0 Å². The molecule has 3 aliphatic rings. The summed E-state index contributed by atoms with van der Waals surface area (Å²) >= 11 is 0. The van der Waals surface area contributed by atoms with Crippen LogP contribution >= 0.6 is 0 Å². The molecule has 1 spiro atoms. The summed E-state index contributed by atoms with van der Waals surface area (Å²) < 4.78 is 0. The van der Waals surface area contributed by atoms with Crippen LogP contribution in [0.5, 0.6) is 0 Å². The molecule has 1 unspecified atom stereocenters. The molecule has 26 heavy (non-hydrogen) atoms. The Bertz CT molecular complexity index is 810. The molecule has 1 amide bonds. The molecule has 1 atom stereocenters. The highest BCUT2D eigenvalue weighted by Crippen LogP contribution is 2.47. The number of amides is 1. The zero-order chi connectivity index (χ0) is 18.3. The van der Waals surface area contributed by atoms with E-state index in [1.54, 1.807) is 6.20 Å². The Morgan fingerprint density at radius 3 is 2.69 bits per heavy atom. The van der Waals surface area contributed by atoms with Gasteiger partial charge in [-0.25, -0.2) is 9.97 Å². The van der Waals surface area contributed by atoms with Gasteiger partial charge in [-0.2, -0.15) is 10.5 Å². The highest BCUT2D eigenvalue weighted by molar-refractivity contribution is 5.80. The summed E-state index contributed by atoms with van der Waals surface area (Å²) in [5.41, 5.74) is 0.237. The number of carbonyl (C=O) groups is 1. The minimum absolute atomic E-state index is 0.0622. The first-order valence-corrected chi connectivity index (χ1v) is 9.27. The topological polar surface area (TPSA) is 106 Å². The third-order valence-electron chi connectivity index (χ3n) is 6.27. The Morgan fingerprint density at radius 1 is 1.31 bits per heavy atom. The Balaban J connectivity index is 1.41. The fourth-order valence-electron chi connectivity index (χ4n) is 4.72. The maximum absolute atomic E-state index is 12.4. The van der Waals surface area contributed by atoms with Crippen molar-refractivity contribution in [3.8, 4) is 12.1 Å². The number of anilines is 1. The quantitative estimate of drug-likeness (QED) is 0.890. The molecule has 1 saturated heterocycles. The van der Waals surface area contributed by atoms with Gasteiger partial charge in [0.05, 0.1) is 6.20 Å². The van der Waals surface area contributed by atoms with E-state index in [0.717, 1.165) is 45.2 Å². The van der Waals surface area contributed by atoms with Crippen molar-refractivity contribution in [2.24, 2.45) is 17.3 Å². The standard InChI is InChI=1S/C19H22N6O/c1-12-5-13(6-12)18(26)24-16-3-2-4-19(16)10-25(11-19)17-9-22-14(7-20)15(8-21)23-17/h9,12-13,16H,2-6,10-11H2,1H3,(H,24,26). The van der Waals surface area contributed by atoms with Gasteiger partial charge in [-0.3, -0.25) is 4.79 Å². The van der Waals surface area contributed by atoms with Crippen LogP contribution < -0.4 is 10.2 Å². The Kier molecular flexibility index (Phi) is 4.03. The average molecular weight is 350 g/mol. The van der Waals surface area contributed by atoms with Crippen molar-refractivity contribution in [3.05, 3.63) is 17.6 Å². The van der Waals surface area contributed by atoms with E-state index in [1.807, 2.05) is 12.1 Å². The monoisotopic (exact) mass is 350 g/mol. The fraction of sp³-hybridized carbons (Fsp3) is 0.632. The van der Waals surface area contributed by atoms with Gasteiger partial charge in [0.1, 0.15) is 18.0 Å². The molecule has 3 fully saturated rings. The first-order valence-electron chi connectivity index (χ1n) is 9.27. The molecule has 134 valence electrons. The molecular weight excluding hydrogens is 328 g/mol. The van der Waals surface area contributed by atoms with Crippen LogP contribution in [0.3, 0.4) is 0 Å². The lowest BCUT2D eigenvalue weighted by Crippen LogP contribution is -2.64. The van der Waals surface area contributed by atoms with Gasteiger partial charge in [0, 0.05) is 30.5 Å². The van der Waals surface area contributed by atoms with Gasteiger partial charge in [0.15, 0.2) is 11.4 Å². The molecule has 0 bridgehead atoms. The second kappa shape index (κ2) is 6.25. The van der Waals surface area contributed by atoms with Gasteiger partial charge in [-0.1, -0.05) is 13.3 Å². The molecule has 7 nitrogen and oxygen atoms in total. The Morgan fingerprint density at radius 2 is 2.04 bits per heavy atom. The minimum Gasteiger partial charge on any atom is -0.354 e. The lowest BCUT2D eigenvalue weighted by atomic mass is 9.73. The number of hydrogen-bond donors (Lipinski definition) is 1. The zero-order valence-electron chi connectivity index (χ0n) is 14.9. The molecular formula is C19H22N6O. The number of aromatic nitrogens is 2. The smallest absolute Gasteiger partial charge is 0.223 e. The maximum Gasteiger partial charge on any atom is 0.223 e. The molecule has 1 aromatic heterocycles. The number of nitriles is 2. The number of hydrogen-bond acceptors (Lipinski definition) is 6. The summed E-state index contributed by atoms with van der Waals surface area (Å²) in [5.74, 6) is 1.72. The summed E-state index contributed by atoms with van der Waals surface area (Å²) in [6.45, 7) is 3.81. The minimum atomic E-state index is 0.0622. The zero-order valence-corrected chi connectivity index (χ0v) is 14.9. The van der Waals surface area contributed by atoms with Crippen LogP contribution in [-0.4, -0.2) is 35.0 Å². The van der Waals surface area contributed by atoms with Crippen LogP contribution in [0.1, 0.15) is 50.4 Å². The largest absolute Gasteiger partial charge is 0.354 e. The van der Waals surface area contributed by atoms with Gasteiger partial charge >= 0.3 is 0 Å². The summed E-state index contributed by atoms with van der Waals surface area (Å²) in [4.78, 5) is 22.9. The SMILES string of the molecule is CC1CC(C(=O)NC2CCCC23CN(c2cnc(C#N)c(C#N)n2)C3)C1. The molecule has 1 aromatic rings. The fourth-order valence-corrected chi connectivity index (χ4v) is 4.72. The van der Waals surface area contributed by atoms with E-state index in [-0.39, 0.29) is 34.7 Å². The summed E-state index contributed by atoms with van der Waals surface area (Å²) in [6, 6.07) is 4.05. The van der Waals surface area contributed by atoms with E-state index in [0.29, 0.717) is 11.7 Å². The van der Waals surface area contributed by atoms with Crippen LogP contribution in [0.15, 0.2) is 6.20 Å². The van der Waals surface area contributed by atoms with E-state index in [2.05, 4.69) is 27.1 Å². The number of rotatable bonds is 3. The normalized spacial score (nSPS) is 28.6. The van der Waals surface area contributed by atoms with Crippen molar-refractivity contribution in [2.75, 3.05) is 18.0 Å². The van der Waals surface area contributed by atoms with Crippen LogP contribution in [0, 0.1) is 39.9 Å². The van der Waals surface area contributed by atoms with E-state index >= 15 is 0 Å². The van der Waals surface area contributed by atoms with Crippen molar-refractivity contribution in [1.29, 1.82) is 10.5 Å². The van der Waals surface area contributed by atoms with E-state index in [9.17, 15) is 4.79 Å². The number of nitrogens with one attached hydrogen (secondary N) is 1.